The molecule has 3 unspecified atom stereocenters. The van der Waals surface area contributed by atoms with Crippen molar-refractivity contribution in [3.8, 4) is 153 Å². The van der Waals surface area contributed by atoms with Crippen LogP contribution in [0.4, 0.5) is 0 Å². The first-order chi connectivity index (χ1) is 48.5. The van der Waals surface area contributed by atoms with E-state index in [-0.39, 0.29) is 88.7 Å². The first kappa shape index (κ1) is 75.8. The first-order valence-corrected chi connectivity index (χ1v) is 31.3. The molecule has 6 aromatic rings. The van der Waals surface area contributed by atoms with Crippen LogP contribution in [0.25, 0.3) is 34.2 Å². The van der Waals surface area contributed by atoms with E-state index < -0.39 is 11.9 Å². The summed E-state index contributed by atoms with van der Waals surface area (Å²) in [5, 5.41) is 15.5. The van der Waals surface area contributed by atoms with E-state index in [1.807, 2.05) is 141 Å². The number of rotatable bonds is 10. The topological polar surface area (TPSA) is 182 Å². The zero-order chi connectivity index (χ0) is 69.6. The van der Waals surface area contributed by atoms with Gasteiger partial charge < -0.3 is 22.8 Å². The summed E-state index contributed by atoms with van der Waals surface area (Å²) in [6.45, 7) is 14.7. The summed E-state index contributed by atoms with van der Waals surface area (Å²) in [6, 6.07) is 34.8. The summed E-state index contributed by atoms with van der Waals surface area (Å²) in [7, 11) is 1.33. The molecule has 1 aliphatic carbocycles. The molecule has 101 heavy (non-hydrogen) atoms. The Bertz CT molecular complexity index is 4960. The number of aromatic nitrogens is 6. The molecule has 0 amide bonds. The summed E-state index contributed by atoms with van der Waals surface area (Å²) in [5.41, 5.74) is 17.6. The third-order valence-corrected chi connectivity index (χ3v) is 15.6. The minimum absolute atomic E-state index is 0. The normalized spacial score (nSPS) is 15.4. The molecule has 6 aromatic heterocycles. The van der Waals surface area contributed by atoms with Gasteiger partial charge in [-0.3, -0.25) is 34.7 Å². The fourth-order valence-electron chi connectivity index (χ4n) is 10.9. The largest absolute Gasteiger partial charge is 2.00 e. The second-order valence-electron chi connectivity index (χ2n) is 21.5. The van der Waals surface area contributed by atoms with Crippen LogP contribution < -0.4 is 5.32 Å². The van der Waals surface area contributed by atoms with E-state index in [1.165, 1.54) is 7.11 Å². The second kappa shape index (κ2) is 39.6. The molecule has 1 fully saturated rings. The van der Waals surface area contributed by atoms with Crippen LogP contribution >= 0.6 is 0 Å². The molecule has 0 radical (unpaired) electrons. The zero-order valence-electron chi connectivity index (χ0n) is 58.3. The number of nitrogens with one attached hydrogen (secondary N) is 1. The number of aliphatic hydroxyl groups is 1. The van der Waals surface area contributed by atoms with Crippen molar-refractivity contribution in [1.82, 2.24) is 35.2 Å². The minimum atomic E-state index is -1.06. The number of nitrogens with zero attached hydrogens (tertiary/aromatic N) is 9. The molecule has 2 N–H and O–H groups in total. The number of aliphatic imine (C=N–C) groups is 3. The molecule has 5 aliphatic heterocycles. The minimum Gasteiger partial charge on any atom is -1.00 e. The van der Waals surface area contributed by atoms with Gasteiger partial charge in [0, 0.05) is 181 Å². The Balaban J connectivity index is -0.000000136. The van der Waals surface area contributed by atoms with Crippen LogP contribution in [0, 0.1) is 137 Å². The van der Waals surface area contributed by atoms with Gasteiger partial charge in [0.25, 0.3) is 0 Å². The third kappa shape index (κ3) is 20.3. The van der Waals surface area contributed by atoms with Gasteiger partial charge in [-0.2, -0.15) is 0 Å². The number of carbonyl (C=O) groups excluding carboxylic acids is 1. The standard InChI is InChI=1S/C55H38N4O4.3C10H8N2.Mg.Ru.18H2.2H/c1-9-12-13-14-15-16-17-18-19-20-21-22-23-24-25-26-27-28-31-63-32-29-30-42-38(6)45-33-43-36(4)40(10-2)47(56-43)34-44-37(5)41(11-3)48(57-44)35-46-39(7)49-53(59-46)50(52(42)58-45)51(54(49)60)55(61)62-8;3*1-3-7-11-9(5-1)10-6-2-4-8-12-10;;;;;;;;;;;;;;;;;;;;;;/h1,10,33-35,38,42,51,58,60H,2,11,29-30,32H2,3-8H3;3*1-8H;;;18*1H;;/q;;;;+2;;;;;;;;;;;;;;;;;;;;2*-1. The molecule has 6 aliphatic rings. The van der Waals surface area contributed by atoms with Gasteiger partial charge in [0.15, 0.2) is 0 Å². The Morgan fingerprint density at radius 1 is 0.604 bits per heavy atom. The maximum atomic E-state index is 13.5. The molecular formula is C85H100MgN10O4Ru. The number of methoxy groups -OCH3 is 1. The van der Waals surface area contributed by atoms with Crippen molar-refractivity contribution < 1.29 is 67.4 Å². The fraction of sp³-hybridized carbons (Fsp3) is 0.153. The number of pyridine rings is 6. The molecular weight excluding hydrogens is 1350 g/mol. The van der Waals surface area contributed by atoms with Gasteiger partial charge in [0.2, 0.25) is 0 Å². The van der Waals surface area contributed by atoms with Gasteiger partial charge in [-0.05, 0) is 201 Å². The summed E-state index contributed by atoms with van der Waals surface area (Å²) in [4.78, 5) is 54.0. The summed E-state index contributed by atoms with van der Waals surface area (Å²) >= 11 is 0. The van der Waals surface area contributed by atoms with Crippen LogP contribution in [0.1, 0.15) is 82.4 Å². The van der Waals surface area contributed by atoms with Gasteiger partial charge in [-0.25, -0.2) is 15.0 Å². The Morgan fingerprint density at radius 3 is 1.44 bits per heavy atom. The number of hydrogen-bond donors (Lipinski definition) is 2. The number of hydrogen-bond acceptors (Lipinski definition) is 14. The smallest absolute Gasteiger partial charge is 1.00 e. The van der Waals surface area contributed by atoms with Crippen molar-refractivity contribution >= 4 is 46.2 Å². The first-order valence-electron chi connectivity index (χ1n) is 31.3. The quantitative estimate of drug-likeness (QED) is 0.0576. The number of fused-ring (bicyclic) bond motifs is 5. The van der Waals surface area contributed by atoms with Gasteiger partial charge in [0.1, 0.15) is 24.4 Å². The van der Waals surface area contributed by atoms with Gasteiger partial charge in [-0.15, -0.1) is 6.42 Å². The summed E-state index contributed by atoms with van der Waals surface area (Å²) in [6.07, 6.45) is 28.2. The number of esters is 1. The molecule has 0 spiro atoms. The molecule has 12 rings (SSSR count). The van der Waals surface area contributed by atoms with Crippen LogP contribution in [0.2, 0.25) is 0 Å². The van der Waals surface area contributed by atoms with Crippen LogP contribution in [-0.2, 0) is 33.7 Å². The van der Waals surface area contributed by atoms with Crippen molar-refractivity contribution in [2.75, 3.05) is 13.7 Å². The number of carbonyl (C=O) groups is 1. The third-order valence-electron chi connectivity index (χ3n) is 15.6. The van der Waals surface area contributed by atoms with E-state index in [4.69, 9.17) is 30.9 Å². The number of terminal acetylenes is 1. The molecule has 14 nitrogen and oxygen atoms in total. The Labute approximate surface area is 649 Å². The molecule has 16 heteroatoms. The predicted molar refractivity (Wildman–Crippen MR) is 436 cm³/mol. The molecule has 524 valence electrons. The van der Waals surface area contributed by atoms with Gasteiger partial charge in [0.05, 0.1) is 75.5 Å². The second-order valence-corrected chi connectivity index (χ2v) is 21.5. The summed E-state index contributed by atoms with van der Waals surface area (Å²) < 4.78 is 10.9. The van der Waals surface area contributed by atoms with E-state index >= 15 is 0 Å². The Kier molecular flexibility index (Phi) is 29.7. The van der Waals surface area contributed by atoms with E-state index in [0.717, 1.165) is 103 Å². The van der Waals surface area contributed by atoms with E-state index in [0.29, 0.717) is 42.0 Å². The maximum absolute atomic E-state index is 13.5. The van der Waals surface area contributed by atoms with Crippen molar-refractivity contribution in [2.24, 2.45) is 32.7 Å². The number of allylic oxidation sites excluding steroid dienone is 11. The SMILES string of the molecule is C#CC#CC#CC#CC#CC#CC#CC#CC#CC#COCCCC1C2=C3C4=NC(=C(C)C4=C(O)C3C(=O)OC)C=C3N=C(C=C4N=C(C=C(N2)C1C)C(C)=C4C=C)C(C)=C3CC.[H-].[H-].[HH].[HH].[HH].[HH].[HH].[HH].[HH].[HH].[HH].[HH].[HH].[HH].[HH].[HH].[HH].[HH].[HH].[HH].[Mg+2].[Ru].c1ccc(-c2ccccn2)nc1.c1ccc(-c2ccccn2)nc1.c1ccc(-c2ccccn2)nc1. The average molecular weight is 1450 g/mol. The van der Waals surface area contributed by atoms with Crippen LogP contribution in [0.15, 0.2) is 265 Å². The molecule has 0 saturated carbocycles. The monoisotopic (exact) mass is 1450 g/mol. The Hall–Kier alpha value is -12.6. The van der Waals surface area contributed by atoms with Gasteiger partial charge in [-0.1, -0.05) is 62.9 Å². The molecule has 8 bridgehead atoms. The van der Waals surface area contributed by atoms with E-state index in [2.05, 4.69) is 181 Å². The zero-order valence-corrected chi connectivity index (χ0v) is 59.4. The Morgan fingerprint density at radius 2 is 1.03 bits per heavy atom. The molecule has 1 saturated heterocycles. The van der Waals surface area contributed by atoms with Crippen LogP contribution in [0.3, 0.4) is 0 Å². The maximum Gasteiger partial charge on any atom is 2.00 e. The van der Waals surface area contributed by atoms with Crippen LogP contribution in [-0.4, -0.2) is 94.9 Å². The molecule has 0 aromatic carbocycles. The van der Waals surface area contributed by atoms with E-state index in [1.54, 1.807) is 37.2 Å². The van der Waals surface area contributed by atoms with Crippen molar-refractivity contribution in [3.63, 3.8) is 0 Å². The predicted octanol–water partition coefficient (Wildman–Crippen LogP) is 17.4. The summed E-state index contributed by atoms with van der Waals surface area (Å²) in [5.74, 6) is 43.3. The van der Waals surface area contributed by atoms with Crippen molar-refractivity contribution in [2.45, 2.75) is 53.9 Å². The molecule has 11 heterocycles. The van der Waals surface area contributed by atoms with Crippen molar-refractivity contribution in [3.05, 3.63) is 251 Å². The van der Waals surface area contributed by atoms with Gasteiger partial charge >= 0.3 is 29.0 Å². The van der Waals surface area contributed by atoms with Crippen LogP contribution in [0.5, 0.6) is 0 Å². The van der Waals surface area contributed by atoms with E-state index in [9.17, 15) is 9.90 Å². The average Bonchev–Trinajstić information content (AvgIpc) is 1.56. The fourth-order valence-corrected chi connectivity index (χ4v) is 10.9. The van der Waals surface area contributed by atoms with Crippen molar-refractivity contribution in [1.29, 1.82) is 0 Å². The number of aliphatic hydroxyl groups excluding tert-OH is 1. The molecule has 3 atom stereocenters. The number of ether oxygens (including phenoxy) is 2.